The molecule has 1 amide bonds. The number of carbonyl (C=O) groups excluding carboxylic acids is 1. The Bertz CT molecular complexity index is 408. The van der Waals surface area contributed by atoms with Gasteiger partial charge in [0.25, 0.3) is 5.91 Å². The second-order valence-electron chi connectivity index (χ2n) is 4.35. The van der Waals surface area contributed by atoms with Crippen LogP contribution in [-0.2, 0) is 4.74 Å². The standard InChI is InChI=1S/C12H16N2O3/c1-8-7-17-3-2-11(8)14-12(16)9-4-10(15)6-13-5-9/h4-6,8,11,15H,2-3,7H2,1H3,(H,14,16). The van der Waals surface area contributed by atoms with Gasteiger partial charge < -0.3 is 15.2 Å². The molecule has 0 aliphatic carbocycles. The first-order chi connectivity index (χ1) is 8.16. The second-order valence-corrected chi connectivity index (χ2v) is 4.35. The molecule has 2 atom stereocenters. The van der Waals surface area contributed by atoms with Crippen LogP contribution in [0.1, 0.15) is 23.7 Å². The number of hydrogen-bond acceptors (Lipinski definition) is 4. The molecule has 2 unspecified atom stereocenters. The predicted molar refractivity (Wildman–Crippen MR) is 61.8 cm³/mol. The van der Waals surface area contributed by atoms with Gasteiger partial charge in [-0.2, -0.15) is 0 Å². The number of pyridine rings is 1. The fourth-order valence-corrected chi connectivity index (χ4v) is 1.90. The maximum atomic E-state index is 11.9. The lowest BCUT2D eigenvalue weighted by atomic mass is 9.97. The Balaban J connectivity index is 2.01. The average Bonchev–Trinajstić information content (AvgIpc) is 2.32. The fraction of sp³-hybridized carbons (Fsp3) is 0.500. The Hall–Kier alpha value is -1.62. The van der Waals surface area contributed by atoms with Crippen molar-refractivity contribution in [2.75, 3.05) is 13.2 Å². The van der Waals surface area contributed by atoms with Crippen LogP contribution >= 0.6 is 0 Å². The zero-order chi connectivity index (χ0) is 12.3. The Labute approximate surface area is 99.8 Å². The maximum absolute atomic E-state index is 11.9. The Morgan fingerprint density at radius 1 is 1.59 bits per heavy atom. The van der Waals surface area contributed by atoms with E-state index >= 15 is 0 Å². The molecule has 0 bridgehead atoms. The number of nitrogens with one attached hydrogen (secondary N) is 1. The molecule has 2 heterocycles. The van der Waals surface area contributed by atoms with Gasteiger partial charge in [-0.1, -0.05) is 6.92 Å². The van der Waals surface area contributed by atoms with Crippen LogP contribution in [0, 0.1) is 5.92 Å². The second kappa shape index (κ2) is 5.14. The number of ether oxygens (including phenoxy) is 1. The first-order valence-electron chi connectivity index (χ1n) is 5.69. The Morgan fingerprint density at radius 2 is 2.41 bits per heavy atom. The molecule has 0 aromatic carbocycles. The van der Waals surface area contributed by atoms with Crippen LogP contribution in [0.2, 0.25) is 0 Å². The van der Waals surface area contributed by atoms with Crippen LogP contribution < -0.4 is 5.32 Å². The summed E-state index contributed by atoms with van der Waals surface area (Å²) in [6.07, 6.45) is 3.56. The molecule has 1 fully saturated rings. The van der Waals surface area contributed by atoms with E-state index in [1.165, 1.54) is 18.5 Å². The van der Waals surface area contributed by atoms with Crippen molar-refractivity contribution in [2.45, 2.75) is 19.4 Å². The number of carbonyl (C=O) groups is 1. The highest BCUT2D eigenvalue weighted by Gasteiger charge is 2.23. The van der Waals surface area contributed by atoms with Gasteiger partial charge in [0.2, 0.25) is 0 Å². The van der Waals surface area contributed by atoms with Crippen molar-refractivity contribution in [3.63, 3.8) is 0 Å². The highest BCUT2D eigenvalue weighted by molar-refractivity contribution is 5.94. The smallest absolute Gasteiger partial charge is 0.253 e. The van der Waals surface area contributed by atoms with Crippen LogP contribution in [0.25, 0.3) is 0 Å². The minimum atomic E-state index is -0.202. The van der Waals surface area contributed by atoms with E-state index in [4.69, 9.17) is 4.74 Å². The van der Waals surface area contributed by atoms with Crippen LogP contribution in [0.5, 0.6) is 5.75 Å². The molecule has 0 saturated carbocycles. The Kier molecular flexibility index (Phi) is 3.58. The van der Waals surface area contributed by atoms with Gasteiger partial charge in [0.1, 0.15) is 5.75 Å². The molecule has 1 aromatic rings. The van der Waals surface area contributed by atoms with Crippen molar-refractivity contribution in [1.82, 2.24) is 10.3 Å². The molecular formula is C12H16N2O3. The molecule has 5 heteroatoms. The third-order valence-electron chi connectivity index (χ3n) is 2.94. The summed E-state index contributed by atoms with van der Waals surface area (Å²) in [5.74, 6) is 0.0998. The van der Waals surface area contributed by atoms with Gasteiger partial charge in [0, 0.05) is 18.8 Å². The van der Waals surface area contributed by atoms with Gasteiger partial charge in [-0.05, 0) is 18.4 Å². The van der Waals surface area contributed by atoms with Crippen LogP contribution in [-0.4, -0.2) is 35.3 Å². The molecule has 0 radical (unpaired) electrons. The zero-order valence-corrected chi connectivity index (χ0v) is 9.72. The van der Waals surface area contributed by atoms with E-state index in [0.717, 1.165) is 6.42 Å². The van der Waals surface area contributed by atoms with Crippen molar-refractivity contribution >= 4 is 5.91 Å². The SMILES string of the molecule is CC1COCCC1NC(=O)c1cncc(O)c1. The molecular weight excluding hydrogens is 220 g/mol. The molecule has 1 aliphatic rings. The van der Waals surface area contributed by atoms with Crippen molar-refractivity contribution in [1.29, 1.82) is 0 Å². The minimum absolute atomic E-state index is 0.00215. The minimum Gasteiger partial charge on any atom is -0.506 e. The van der Waals surface area contributed by atoms with Crippen molar-refractivity contribution in [3.05, 3.63) is 24.0 Å². The summed E-state index contributed by atoms with van der Waals surface area (Å²) in [6, 6.07) is 1.53. The van der Waals surface area contributed by atoms with E-state index in [1.807, 2.05) is 6.92 Å². The summed E-state index contributed by atoms with van der Waals surface area (Å²) >= 11 is 0. The molecule has 0 spiro atoms. The van der Waals surface area contributed by atoms with Crippen molar-refractivity contribution in [2.24, 2.45) is 5.92 Å². The summed E-state index contributed by atoms with van der Waals surface area (Å²) < 4.78 is 5.31. The maximum Gasteiger partial charge on any atom is 0.253 e. The van der Waals surface area contributed by atoms with Crippen LogP contribution in [0.4, 0.5) is 0 Å². The molecule has 2 N–H and O–H groups in total. The number of hydrogen-bond donors (Lipinski definition) is 2. The molecule has 1 saturated heterocycles. The first kappa shape index (κ1) is 11.9. The lowest BCUT2D eigenvalue weighted by Crippen LogP contribution is -2.44. The third kappa shape index (κ3) is 2.94. The average molecular weight is 236 g/mol. The predicted octanol–water partition coefficient (Wildman–Crippen LogP) is 0.942. The number of amides is 1. The number of nitrogens with zero attached hydrogens (tertiary/aromatic N) is 1. The Morgan fingerprint density at radius 3 is 3.12 bits per heavy atom. The summed E-state index contributed by atoms with van der Waals surface area (Å²) in [5.41, 5.74) is 0.378. The summed E-state index contributed by atoms with van der Waals surface area (Å²) in [7, 11) is 0. The molecule has 1 aromatic heterocycles. The van der Waals surface area contributed by atoms with Gasteiger partial charge in [0.15, 0.2) is 0 Å². The normalized spacial score (nSPS) is 24.3. The lowest BCUT2D eigenvalue weighted by Gasteiger charge is -2.29. The third-order valence-corrected chi connectivity index (χ3v) is 2.94. The quantitative estimate of drug-likeness (QED) is 0.801. The zero-order valence-electron chi connectivity index (χ0n) is 9.72. The van der Waals surface area contributed by atoms with Crippen molar-refractivity contribution in [3.8, 4) is 5.75 Å². The number of aromatic hydroxyl groups is 1. The number of aromatic nitrogens is 1. The van der Waals surface area contributed by atoms with Gasteiger partial charge in [0.05, 0.1) is 18.4 Å². The van der Waals surface area contributed by atoms with E-state index < -0.39 is 0 Å². The van der Waals surface area contributed by atoms with E-state index in [9.17, 15) is 9.90 Å². The fourth-order valence-electron chi connectivity index (χ4n) is 1.90. The monoisotopic (exact) mass is 236 g/mol. The van der Waals surface area contributed by atoms with Gasteiger partial charge in [-0.25, -0.2) is 0 Å². The van der Waals surface area contributed by atoms with Gasteiger partial charge in [-0.15, -0.1) is 0 Å². The largest absolute Gasteiger partial charge is 0.506 e. The molecule has 2 rings (SSSR count). The first-order valence-corrected chi connectivity index (χ1v) is 5.69. The summed E-state index contributed by atoms with van der Waals surface area (Å²) in [5, 5.41) is 12.2. The molecule has 92 valence electrons. The van der Waals surface area contributed by atoms with Crippen LogP contribution in [0.3, 0.4) is 0 Å². The van der Waals surface area contributed by atoms with Gasteiger partial charge >= 0.3 is 0 Å². The topological polar surface area (TPSA) is 71.5 Å². The summed E-state index contributed by atoms with van der Waals surface area (Å²) in [4.78, 5) is 15.7. The lowest BCUT2D eigenvalue weighted by molar-refractivity contribution is 0.0375. The highest BCUT2D eigenvalue weighted by atomic mass is 16.5. The number of rotatable bonds is 2. The van der Waals surface area contributed by atoms with E-state index in [2.05, 4.69) is 10.3 Å². The molecule has 5 nitrogen and oxygen atoms in total. The van der Waals surface area contributed by atoms with E-state index in [-0.39, 0.29) is 17.7 Å². The van der Waals surface area contributed by atoms with E-state index in [0.29, 0.717) is 24.7 Å². The van der Waals surface area contributed by atoms with E-state index in [1.54, 1.807) is 0 Å². The molecule has 1 aliphatic heterocycles. The summed E-state index contributed by atoms with van der Waals surface area (Å²) in [6.45, 7) is 3.39. The van der Waals surface area contributed by atoms with Gasteiger partial charge in [-0.3, -0.25) is 9.78 Å². The molecule has 17 heavy (non-hydrogen) atoms. The van der Waals surface area contributed by atoms with Crippen LogP contribution in [0.15, 0.2) is 18.5 Å². The van der Waals surface area contributed by atoms with Crippen molar-refractivity contribution < 1.29 is 14.6 Å². The highest BCUT2D eigenvalue weighted by Crippen LogP contribution is 2.15.